The molecule has 2 rings (SSSR count). The van der Waals surface area contributed by atoms with Crippen LogP contribution in [0.2, 0.25) is 0 Å². The Balaban J connectivity index is 1.78. The molecule has 1 fully saturated rings. The summed E-state index contributed by atoms with van der Waals surface area (Å²) in [6, 6.07) is 9.42. The van der Waals surface area contributed by atoms with Crippen molar-refractivity contribution in [1.82, 2.24) is 0 Å². The SMILES string of the molecule is CS(=O)(=O)[C@H]1C[C@@H](C(=O)OCc2ccccc2)C1. The molecule has 0 radical (unpaired) electrons. The highest BCUT2D eigenvalue weighted by atomic mass is 32.2. The molecule has 98 valence electrons. The number of ether oxygens (including phenoxy) is 1. The summed E-state index contributed by atoms with van der Waals surface area (Å²) in [6.45, 7) is 0.250. The molecular weight excluding hydrogens is 252 g/mol. The molecule has 5 heteroatoms. The predicted molar refractivity (Wildman–Crippen MR) is 67.6 cm³/mol. The van der Waals surface area contributed by atoms with Crippen LogP contribution in [0.4, 0.5) is 0 Å². The fraction of sp³-hybridized carbons (Fsp3) is 0.462. The van der Waals surface area contributed by atoms with E-state index in [0.29, 0.717) is 12.8 Å². The van der Waals surface area contributed by atoms with Gasteiger partial charge in [-0.25, -0.2) is 8.42 Å². The van der Waals surface area contributed by atoms with Crippen LogP contribution in [-0.2, 0) is 26.0 Å². The monoisotopic (exact) mass is 268 g/mol. The maximum absolute atomic E-state index is 11.7. The van der Waals surface area contributed by atoms with Gasteiger partial charge in [-0.2, -0.15) is 0 Å². The summed E-state index contributed by atoms with van der Waals surface area (Å²) in [5.74, 6) is -0.549. The number of carbonyl (C=O) groups is 1. The van der Waals surface area contributed by atoms with E-state index in [2.05, 4.69) is 0 Å². The molecule has 18 heavy (non-hydrogen) atoms. The molecule has 0 N–H and O–H groups in total. The van der Waals surface area contributed by atoms with Gasteiger partial charge in [0.2, 0.25) is 0 Å². The first kappa shape index (κ1) is 13.1. The van der Waals surface area contributed by atoms with Crippen molar-refractivity contribution < 1.29 is 17.9 Å². The topological polar surface area (TPSA) is 60.4 Å². The highest BCUT2D eigenvalue weighted by Gasteiger charge is 2.41. The van der Waals surface area contributed by atoms with E-state index < -0.39 is 9.84 Å². The van der Waals surface area contributed by atoms with Crippen LogP contribution in [0.3, 0.4) is 0 Å². The van der Waals surface area contributed by atoms with Gasteiger partial charge in [0, 0.05) is 6.26 Å². The van der Waals surface area contributed by atoms with E-state index in [4.69, 9.17) is 4.74 Å². The minimum atomic E-state index is -3.01. The van der Waals surface area contributed by atoms with E-state index in [1.165, 1.54) is 6.26 Å². The van der Waals surface area contributed by atoms with E-state index in [1.54, 1.807) is 0 Å². The summed E-state index contributed by atoms with van der Waals surface area (Å²) in [6.07, 6.45) is 2.00. The zero-order valence-corrected chi connectivity index (χ0v) is 11.0. The van der Waals surface area contributed by atoms with Crippen molar-refractivity contribution in [2.45, 2.75) is 24.7 Å². The molecule has 1 aliphatic rings. The normalized spacial score (nSPS) is 23.2. The first-order valence-corrected chi connectivity index (χ1v) is 7.81. The van der Waals surface area contributed by atoms with Crippen LogP contribution in [0, 0.1) is 5.92 Å². The molecule has 0 unspecified atom stereocenters. The van der Waals surface area contributed by atoms with Crippen LogP contribution in [-0.4, -0.2) is 25.9 Å². The standard InChI is InChI=1S/C13H16O4S/c1-18(15,16)12-7-11(8-12)13(14)17-9-10-5-3-2-4-6-10/h2-6,11-12H,7-9H2,1H3/t11-,12+. The molecule has 0 aromatic heterocycles. The third-order valence-corrected chi connectivity index (χ3v) is 4.85. The van der Waals surface area contributed by atoms with E-state index in [1.807, 2.05) is 30.3 Å². The fourth-order valence-electron chi connectivity index (χ4n) is 1.95. The molecule has 0 spiro atoms. The van der Waals surface area contributed by atoms with Crippen molar-refractivity contribution in [3.63, 3.8) is 0 Å². The Morgan fingerprint density at radius 2 is 1.89 bits per heavy atom. The summed E-state index contributed by atoms with van der Waals surface area (Å²) in [7, 11) is -3.01. The summed E-state index contributed by atoms with van der Waals surface area (Å²) < 4.78 is 27.6. The third kappa shape index (κ3) is 3.10. The molecule has 1 aliphatic carbocycles. The second-order valence-corrected chi connectivity index (χ2v) is 7.04. The molecule has 0 heterocycles. The molecule has 1 saturated carbocycles. The summed E-state index contributed by atoms with van der Waals surface area (Å²) >= 11 is 0. The molecule has 0 amide bonds. The largest absolute Gasteiger partial charge is 0.461 e. The number of esters is 1. The Morgan fingerprint density at radius 1 is 1.28 bits per heavy atom. The Hall–Kier alpha value is -1.36. The minimum absolute atomic E-state index is 0.250. The highest BCUT2D eigenvalue weighted by Crippen LogP contribution is 2.33. The second-order valence-electron chi connectivity index (χ2n) is 4.71. The van der Waals surface area contributed by atoms with Gasteiger partial charge in [0.25, 0.3) is 0 Å². The number of sulfone groups is 1. The van der Waals surface area contributed by atoms with E-state index in [0.717, 1.165) is 5.56 Å². The van der Waals surface area contributed by atoms with Crippen molar-refractivity contribution in [3.05, 3.63) is 35.9 Å². The third-order valence-electron chi connectivity index (χ3n) is 3.26. The van der Waals surface area contributed by atoms with Crippen LogP contribution in [0.1, 0.15) is 18.4 Å². The van der Waals surface area contributed by atoms with Crippen LogP contribution in [0.25, 0.3) is 0 Å². The molecule has 0 aliphatic heterocycles. The summed E-state index contributed by atoms with van der Waals surface area (Å²) in [5.41, 5.74) is 0.935. The van der Waals surface area contributed by atoms with Gasteiger partial charge in [0.05, 0.1) is 11.2 Å². The lowest BCUT2D eigenvalue weighted by atomic mass is 9.85. The highest BCUT2D eigenvalue weighted by molar-refractivity contribution is 7.91. The number of hydrogen-bond donors (Lipinski definition) is 0. The Morgan fingerprint density at radius 3 is 2.44 bits per heavy atom. The number of rotatable bonds is 4. The summed E-state index contributed by atoms with van der Waals surface area (Å²) in [5, 5.41) is -0.369. The number of benzene rings is 1. The molecule has 0 bridgehead atoms. The van der Waals surface area contributed by atoms with Crippen molar-refractivity contribution >= 4 is 15.8 Å². The zero-order chi connectivity index (χ0) is 13.2. The molecule has 0 saturated heterocycles. The molecule has 4 nitrogen and oxygen atoms in total. The van der Waals surface area contributed by atoms with Gasteiger partial charge in [-0.3, -0.25) is 4.79 Å². The average Bonchev–Trinajstić information content (AvgIpc) is 2.24. The van der Waals surface area contributed by atoms with Crippen LogP contribution in [0.5, 0.6) is 0 Å². The van der Waals surface area contributed by atoms with Gasteiger partial charge in [-0.1, -0.05) is 30.3 Å². The van der Waals surface area contributed by atoms with Gasteiger partial charge in [-0.05, 0) is 18.4 Å². The van der Waals surface area contributed by atoms with Gasteiger partial charge in [0.15, 0.2) is 0 Å². The summed E-state index contributed by atoms with van der Waals surface area (Å²) in [4.78, 5) is 11.7. The van der Waals surface area contributed by atoms with Crippen LogP contribution in [0.15, 0.2) is 30.3 Å². The van der Waals surface area contributed by atoms with E-state index in [-0.39, 0.29) is 23.7 Å². The molecule has 1 aromatic carbocycles. The average molecular weight is 268 g/mol. The van der Waals surface area contributed by atoms with Crippen molar-refractivity contribution in [3.8, 4) is 0 Å². The quantitative estimate of drug-likeness (QED) is 0.777. The van der Waals surface area contributed by atoms with Crippen LogP contribution < -0.4 is 0 Å². The van der Waals surface area contributed by atoms with Gasteiger partial charge < -0.3 is 4.74 Å². The first-order chi connectivity index (χ1) is 8.47. The lowest BCUT2D eigenvalue weighted by Crippen LogP contribution is -2.40. The Bertz CT molecular complexity index is 515. The number of carbonyl (C=O) groups excluding carboxylic acids is 1. The maximum atomic E-state index is 11.7. The second kappa shape index (κ2) is 5.10. The minimum Gasteiger partial charge on any atom is -0.461 e. The number of hydrogen-bond acceptors (Lipinski definition) is 4. The zero-order valence-electron chi connectivity index (χ0n) is 10.2. The van der Waals surface area contributed by atoms with Crippen LogP contribution >= 0.6 is 0 Å². The van der Waals surface area contributed by atoms with Gasteiger partial charge >= 0.3 is 5.97 Å². The molecule has 0 atom stereocenters. The van der Waals surface area contributed by atoms with E-state index in [9.17, 15) is 13.2 Å². The molecule has 1 aromatic rings. The molecular formula is C13H16O4S. The lowest BCUT2D eigenvalue weighted by Gasteiger charge is -2.31. The van der Waals surface area contributed by atoms with E-state index >= 15 is 0 Å². The van der Waals surface area contributed by atoms with Crippen molar-refractivity contribution in [2.24, 2.45) is 5.92 Å². The van der Waals surface area contributed by atoms with Crippen molar-refractivity contribution in [1.29, 1.82) is 0 Å². The predicted octanol–water partition coefficient (Wildman–Crippen LogP) is 1.55. The van der Waals surface area contributed by atoms with Crippen molar-refractivity contribution in [2.75, 3.05) is 6.26 Å². The smallest absolute Gasteiger partial charge is 0.309 e. The van der Waals surface area contributed by atoms with Gasteiger partial charge in [-0.15, -0.1) is 0 Å². The van der Waals surface area contributed by atoms with Gasteiger partial charge in [0.1, 0.15) is 16.4 Å². The Kier molecular flexibility index (Phi) is 3.71. The fourth-order valence-corrected chi connectivity index (χ4v) is 3.12. The Labute approximate surface area is 107 Å². The first-order valence-electron chi connectivity index (χ1n) is 5.86. The lowest BCUT2D eigenvalue weighted by molar-refractivity contribution is -0.152. The maximum Gasteiger partial charge on any atom is 0.309 e.